The highest BCUT2D eigenvalue weighted by Gasteiger charge is 2.46. The lowest BCUT2D eigenvalue weighted by atomic mass is 9.95. The minimum Gasteiger partial charge on any atom is -0.338 e. The van der Waals surface area contributed by atoms with Crippen molar-refractivity contribution >= 4 is 5.91 Å². The second kappa shape index (κ2) is 3.78. The summed E-state index contributed by atoms with van der Waals surface area (Å²) in [7, 11) is 0. The van der Waals surface area contributed by atoms with Crippen molar-refractivity contribution in [3.05, 3.63) is 0 Å². The summed E-state index contributed by atoms with van der Waals surface area (Å²) in [4.78, 5) is 14.2. The molecule has 1 heterocycles. The van der Waals surface area contributed by atoms with Crippen LogP contribution < -0.4 is 5.73 Å². The third kappa shape index (κ3) is 1.78. The Morgan fingerprint density at radius 1 is 1.33 bits per heavy atom. The van der Waals surface area contributed by atoms with Crippen molar-refractivity contribution in [3.63, 3.8) is 0 Å². The van der Waals surface area contributed by atoms with Crippen LogP contribution in [0.2, 0.25) is 0 Å². The molecule has 0 aromatic carbocycles. The summed E-state index contributed by atoms with van der Waals surface area (Å²) in [5.74, 6) is 1.55. The summed E-state index contributed by atoms with van der Waals surface area (Å²) >= 11 is 0. The van der Waals surface area contributed by atoms with E-state index in [9.17, 15) is 4.79 Å². The number of fused-ring (bicyclic) bond motifs is 2. The summed E-state index contributed by atoms with van der Waals surface area (Å²) in [5, 5.41) is 0. The SMILES string of the molecule is CC(C)C(C)C(=O)N1CC2CC(N)C1C2. The van der Waals surface area contributed by atoms with E-state index in [-0.39, 0.29) is 12.0 Å². The highest BCUT2D eigenvalue weighted by atomic mass is 16.2. The van der Waals surface area contributed by atoms with E-state index in [0.29, 0.717) is 23.8 Å². The molecule has 0 aromatic heterocycles. The molecule has 2 aliphatic rings. The Labute approximate surface area is 92.0 Å². The third-order valence-electron chi connectivity index (χ3n) is 4.20. The summed E-state index contributed by atoms with van der Waals surface area (Å²) in [5.41, 5.74) is 6.03. The van der Waals surface area contributed by atoms with Crippen molar-refractivity contribution in [3.8, 4) is 0 Å². The molecule has 1 aliphatic carbocycles. The van der Waals surface area contributed by atoms with Crippen molar-refractivity contribution in [2.24, 2.45) is 23.5 Å². The molecular weight excluding hydrogens is 188 g/mol. The number of piperidine rings is 1. The highest BCUT2D eigenvalue weighted by Crippen LogP contribution is 2.37. The first-order valence-corrected chi connectivity index (χ1v) is 6.06. The van der Waals surface area contributed by atoms with E-state index < -0.39 is 0 Å². The normalized spacial score (nSPS) is 36.3. The topological polar surface area (TPSA) is 46.3 Å². The molecule has 3 nitrogen and oxygen atoms in total. The van der Waals surface area contributed by atoms with Crippen molar-refractivity contribution in [2.75, 3.05) is 6.54 Å². The van der Waals surface area contributed by atoms with E-state index in [1.807, 2.05) is 11.8 Å². The fourth-order valence-corrected chi connectivity index (χ4v) is 2.88. The zero-order chi connectivity index (χ0) is 11.2. The van der Waals surface area contributed by atoms with Crippen molar-refractivity contribution in [1.82, 2.24) is 4.90 Å². The van der Waals surface area contributed by atoms with Crippen LogP contribution in [0.3, 0.4) is 0 Å². The number of likely N-dealkylation sites (tertiary alicyclic amines) is 1. The van der Waals surface area contributed by atoms with Gasteiger partial charge < -0.3 is 10.6 Å². The minimum absolute atomic E-state index is 0.136. The largest absolute Gasteiger partial charge is 0.338 e. The lowest BCUT2D eigenvalue weighted by Crippen LogP contribution is -2.50. The maximum absolute atomic E-state index is 12.2. The quantitative estimate of drug-likeness (QED) is 0.745. The third-order valence-corrected chi connectivity index (χ3v) is 4.20. The highest BCUT2D eigenvalue weighted by molar-refractivity contribution is 5.79. The number of hydrogen-bond donors (Lipinski definition) is 1. The first kappa shape index (κ1) is 10.9. The second-order valence-electron chi connectivity index (χ2n) is 5.59. The summed E-state index contributed by atoms with van der Waals surface area (Å²) in [6.07, 6.45) is 2.25. The fraction of sp³-hybridized carbons (Fsp3) is 0.917. The molecule has 4 atom stereocenters. The second-order valence-corrected chi connectivity index (χ2v) is 5.59. The van der Waals surface area contributed by atoms with Crippen molar-refractivity contribution in [2.45, 2.75) is 45.7 Å². The maximum atomic E-state index is 12.2. The molecule has 0 aromatic rings. The number of hydrogen-bond acceptors (Lipinski definition) is 2. The molecule has 2 rings (SSSR count). The van der Waals surface area contributed by atoms with Gasteiger partial charge in [-0.3, -0.25) is 4.79 Å². The van der Waals surface area contributed by atoms with Crippen LogP contribution in [-0.4, -0.2) is 29.4 Å². The number of carbonyl (C=O) groups is 1. The summed E-state index contributed by atoms with van der Waals surface area (Å²) in [6.45, 7) is 7.20. The predicted octanol–water partition coefficient (Wildman–Crippen LogP) is 1.23. The summed E-state index contributed by atoms with van der Waals surface area (Å²) < 4.78 is 0. The Morgan fingerprint density at radius 3 is 2.47 bits per heavy atom. The van der Waals surface area contributed by atoms with Crippen LogP contribution in [0.4, 0.5) is 0 Å². The molecule has 1 amide bonds. The van der Waals surface area contributed by atoms with Gasteiger partial charge in [0.15, 0.2) is 0 Å². The van der Waals surface area contributed by atoms with Gasteiger partial charge in [-0.2, -0.15) is 0 Å². The van der Waals surface area contributed by atoms with E-state index in [1.165, 1.54) is 0 Å². The molecule has 1 saturated heterocycles. The predicted molar refractivity (Wildman–Crippen MR) is 60.2 cm³/mol. The number of nitrogens with zero attached hydrogens (tertiary/aromatic N) is 1. The van der Waals surface area contributed by atoms with E-state index in [2.05, 4.69) is 13.8 Å². The lowest BCUT2D eigenvalue weighted by molar-refractivity contribution is -0.138. The first-order chi connectivity index (χ1) is 7.00. The molecule has 4 unspecified atom stereocenters. The first-order valence-electron chi connectivity index (χ1n) is 6.06. The van der Waals surface area contributed by atoms with E-state index in [4.69, 9.17) is 5.73 Å². The van der Waals surface area contributed by atoms with Crippen molar-refractivity contribution in [1.29, 1.82) is 0 Å². The number of nitrogens with two attached hydrogens (primary N) is 1. The number of amides is 1. The average molecular weight is 210 g/mol. The molecule has 1 saturated carbocycles. The van der Waals surface area contributed by atoms with Crippen molar-refractivity contribution < 1.29 is 4.79 Å². The molecule has 0 radical (unpaired) electrons. The molecule has 0 spiro atoms. The molecule has 86 valence electrons. The van der Waals surface area contributed by atoms with Crippen LogP contribution in [0.1, 0.15) is 33.6 Å². The Bertz CT molecular complexity index is 264. The van der Waals surface area contributed by atoms with E-state index in [1.54, 1.807) is 0 Å². The maximum Gasteiger partial charge on any atom is 0.225 e. The zero-order valence-corrected chi connectivity index (χ0v) is 9.94. The minimum atomic E-state index is 0.136. The molecule has 1 aliphatic heterocycles. The van der Waals surface area contributed by atoms with Crippen LogP contribution in [0.5, 0.6) is 0 Å². The summed E-state index contributed by atoms with van der Waals surface area (Å²) in [6, 6.07) is 0.566. The van der Waals surface area contributed by atoms with Crippen LogP contribution in [0.15, 0.2) is 0 Å². The molecule has 15 heavy (non-hydrogen) atoms. The molecular formula is C12H22N2O. The van der Waals surface area contributed by atoms with E-state index >= 15 is 0 Å². The Hall–Kier alpha value is -0.570. The van der Waals surface area contributed by atoms with Gasteiger partial charge >= 0.3 is 0 Å². The molecule has 2 fully saturated rings. The van der Waals surface area contributed by atoms with Crippen LogP contribution in [0.25, 0.3) is 0 Å². The van der Waals surface area contributed by atoms with Gasteiger partial charge in [-0.25, -0.2) is 0 Å². The standard InChI is InChI=1S/C12H22N2O/c1-7(2)8(3)12(15)14-6-9-4-10(13)11(14)5-9/h7-11H,4-6,13H2,1-3H3. The van der Waals surface area contributed by atoms with Gasteiger partial charge in [-0.05, 0) is 24.7 Å². The van der Waals surface area contributed by atoms with Gasteiger partial charge in [-0.1, -0.05) is 20.8 Å². The van der Waals surface area contributed by atoms with Crippen LogP contribution in [0, 0.1) is 17.8 Å². The monoisotopic (exact) mass is 210 g/mol. The average Bonchev–Trinajstić information content (AvgIpc) is 2.73. The Balaban J connectivity index is 2.03. The van der Waals surface area contributed by atoms with Gasteiger partial charge in [0, 0.05) is 24.5 Å². The van der Waals surface area contributed by atoms with E-state index in [0.717, 1.165) is 19.4 Å². The molecule has 2 bridgehead atoms. The van der Waals surface area contributed by atoms with Gasteiger partial charge in [-0.15, -0.1) is 0 Å². The fourth-order valence-electron chi connectivity index (χ4n) is 2.88. The molecule has 3 heteroatoms. The smallest absolute Gasteiger partial charge is 0.225 e. The van der Waals surface area contributed by atoms with Gasteiger partial charge in [0.1, 0.15) is 0 Å². The molecule has 2 N–H and O–H groups in total. The Morgan fingerprint density at radius 2 is 2.00 bits per heavy atom. The number of rotatable bonds is 2. The van der Waals surface area contributed by atoms with Crippen LogP contribution in [-0.2, 0) is 4.79 Å². The Kier molecular flexibility index (Phi) is 2.75. The van der Waals surface area contributed by atoms with Gasteiger partial charge in [0.2, 0.25) is 5.91 Å². The lowest BCUT2D eigenvalue weighted by Gasteiger charge is -2.34. The number of carbonyl (C=O) groups excluding carboxylic acids is 1. The van der Waals surface area contributed by atoms with Gasteiger partial charge in [0.05, 0.1) is 0 Å². The van der Waals surface area contributed by atoms with Gasteiger partial charge in [0.25, 0.3) is 0 Å². The zero-order valence-electron chi connectivity index (χ0n) is 9.94. The van der Waals surface area contributed by atoms with Crippen LogP contribution >= 0.6 is 0 Å².